The SMILES string of the molecule is CC(C)CC1NC(=O)CN(c2ccc(Cl)cc2Br)C1=O. The van der Waals surface area contributed by atoms with E-state index in [-0.39, 0.29) is 18.4 Å². The van der Waals surface area contributed by atoms with E-state index in [0.29, 0.717) is 27.5 Å². The van der Waals surface area contributed by atoms with Gasteiger partial charge in [-0.2, -0.15) is 0 Å². The summed E-state index contributed by atoms with van der Waals surface area (Å²) in [5, 5.41) is 3.33. The van der Waals surface area contributed by atoms with Crippen molar-refractivity contribution < 1.29 is 9.59 Å². The van der Waals surface area contributed by atoms with Gasteiger partial charge in [-0.1, -0.05) is 25.4 Å². The summed E-state index contributed by atoms with van der Waals surface area (Å²) in [4.78, 5) is 25.8. The van der Waals surface area contributed by atoms with Crippen molar-refractivity contribution in [1.82, 2.24) is 5.32 Å². The van der Waals surface area contributed by atoms with E-state index in [9.17, 15) is 9.59 Å². The normalized spacial score (nSPS) is 19.4. The van der Waals surface area contributed by atoms with Crippen LogP contribution in [0.5, 0.6) is 0 Å². The van der Waals surface area contributed by atoms with E-state index < -0.39 is 6.04 Å². The van der Waals surface area contributed by atoms with Crippen molar-refractivity contribution in [3.63, 3.8) is 0 Å². The zero-order valence-electron chi connectivity index (χ0n) is 11.3. The van der Waals surface area contributed by atoms with E-state index in [0.717, 1.165) is 0 Å². The molecule has 0 saturated carbocycles. The summed E-state index contributed by atoms with van der Waals surface area (Å²) < 4.78 is 0.705. The van der Waals surface area contributed by atoms with Gasteiger partial charge in [-0.3, -0.25) is 9.59 Å². The first-order valence-corrected chi connectivity index (χ1v) is 7.61. The Kier molecular flexibility index (Phi) is 4.70. The molecule has 1 aromatic rings. The molecule has 2 amide bonds. The number of anilines is 1. The molecule has 20 heavy (non-hydrogen) atoms. The Morgan fingerprint density at radius 1 is 1.45 bits per heavy atom. The zero-order valence-corrected chi connectivity index (χ0v) is 13.7. The molecule has 0 aromatic heterocycles. The Morgan fingerprint density at radius 3 is 2.75 bits per heavy atom. The first-order chi connectivity index (χ1) is 9.38. The molecule has 1 aliphatic heterocycles. The summed E-state index contributed by atoms with van der Waals surface area (Å²) >= 11 is 9.30. The Bertz CT molecular complexity index is 548. The number of amides is 2. The number of carbonyl (C=O) groups excluding carboxylic acids is 2. The minimum Gasteiger partial charge on any atom is -0.343 e. The van der Waals surface area contributed by atoms with Gasteiger partial charge in [0.15, 0.2) is 0 Å². The van der Waals surface area contributed by atoms with Gasteiger partial charge in [-0.25, -0.2) is 0 Å². The van der Waals surface area contributed by atoms with Gasteiger partial charge in [0.1, 0.15) is 12.6 Å². The summed E-state index contributed by atoms with van der Waals surface area (Å²) in [7, 11) is 0. The van der Waals surface area contributed by atoms with Crippen LogP contribution < -0.4 is 10.2 Å². The predicted octanol–water partition coefficient (Wildman–Crippen LogP) is 2.98. The molecule has 2 rings (SSSR count). The summed E-state index contributed by atoms with van der Waals surface area (Å²) in [5.41, 5.74) is 0.669. The van der Waals surface area contributed by atoms with E-state index in [4.69, 9.17) is 11.6 Å². The highest BCUT2D eigenvalue weighted by Crippen LogP contribution is 2.30. The minimum atomic E-state index is -0.459. The number of halogens is 2. The van der Waals surface area contributed by atoms with E-state index in [1.54, 1.807) is 18.2 Å². The molecule has 0 bridgehead atoms. The van der Waals surface area contributed by atoms with Crippen molar-refractivity contribution >= 4 is 45.0 Å². The lowest BCUT2D eigenvalue weighted by Gasteiger charge is -2.33. The van der Waals surface area contributed by atoms with Crippen molar-refractivity contribution in [2.24, 2.45) is 5.92 Å². The molecule has 1 fully saturated rings. The topological polar surface area (TPSA) is 49.4 Å². The number of carbonyl (C=O) groups is 2. The van der Waals surface area contributed by atoms with Crippen LogP contribution in [0.1, 0.15) is 20.3 Å². The Balaban J connectivity index is 2.30. The first kappa shape index (κ1) is 15.3. The second kappa shape index (κ2) is 6.14. The monoisotopic (exact) mass is 358 g/mol. The van der Waals surface area contributed by atoms with Gasteiger partial charge in [-0.05, 0) is 46.5 Å². The summed E-state index contributed by atoms with van der Waals surface area (Å²) in [6, 6.07) is 4.71. The van der Waals surface area contributed by atoms with Gasteiger partial charge >= 0.3 is 0 Å². The van der Waals surface area contributed by atoms with Crippen molar-refractivity contribution in [3.8, 4) is 0 Å². The van der Waals surface area contributed by atoms with Crippen LogP contribution in [0.3, 0.4) is 0 Å². The van der Waals surface area contributed by atoms with E-state index in [2.05, 4.69) is 21.2 Å². The number of hydrogen-bond acceptors (Lipinski definition) is 2. The molecule has 1 unspecified atom stereocenters. The van der Waals surface area contributed by atoms with Crippen LogP contribution in [0.4, 0.5) is 5.69 Å². The van der Waals surface area contributed by atoms with Gasteiger partial charge in [0.2, 0.25) is 11.8 Å². The number of hydrogen-bond donors (Lipinski definition) is 1. The maximum atomic E-state index is 12.5. The highest BCUT2D eigenvalue weighted by atomic mass is 79.9. The van der Waals surface area contributed by atoms with E-state index >= 15 is 0 Å². The largest absolute Gasteiger partial charge is 0.343 e. The number of nitrogens with one attached hydrogen (secondary N) is 1. The first-order valence-electron chi connectivity index (χ1n) is 6.44. The second-order valence-electron chi connectivity index (χ2n) is 5.27. The Morgan fingerprint density at radius 2 is 2.15 bits per heavy atom. The summed E-state index contributed by atoms with van der Waals surface area (Å²) in [6.45, 7) is 4.08. The highest BCUT2D eigenvalue weighted by Gasteiger charge is 2.34. The van der Waals surface area contributed by atoms with E-state index in [1.807, 2.05) is 13.8 Å². The fourth-order valence-corrected chi connectivity index (χ4v) is 3.14. The average Bonchev–Trinajstić information content (AvgIpc) is 2.33. The van der Waals surface area contributed by atoms with Crippen LogP contribution in [0, 0.1) is 5.92 Å². The lowest BCUT2D eigenvalue weighted by atomic mass is 10.0. The van der Waals surface area contributed by atoms with Crippen molar-refractivity contribution in [1.29, 1.82) is 0 Å². The molecule has 1 N–H and O–H groups in total. The zero-order chi connectivity index (χ0) is 14.9. The number of nitrogens with zero attached hydrogens (tertiary/aromatic N) is 1. The average molecular weight is 360 g/mol. The van der Waals surface area contributed by atoms with Crippen LogP contribution >= 0.6 is 27.5 Å². The van der Waals surface area contributed by atoms with Gasteiger partial charge in [0, 0.05) is 9.50 Å². The molecule has 1 aromatic carbocycles. The van der Waals surface area contributed by atoms with Crippen LogP contribution in [0.2, 0.25) is 5.02 Å². The molecule has 0 spiro atoms. The standard InChI is InChI=1S/C14H16BrClN2O2/c1-8(2)5-11-14(20)18(7-13(19)17-11)12-4-3-9(16)6-10(12)15/h3-4,6,8,11H,5,7H2,1-2H3,(H,17,19). The third kappa shape index (κ3) is 3.33. The second-order valence-corrected chi connectivity index (χ2v) is 6.56. The number of piperazine rings is 1. The van der Waals surface area contributed by atoms with Crippen LogP contribution in [-0.2, 0) is 9.59 Å². The quantitative estimate of drug-likeness (QED) is 0.902. The molecule has 1 atom stereocenters. The number of rotatable bonds is 3. The molecule has 1 aliphatic rings. The van der Waals surface area contributed by atoms with Crippen molar-refractivity contribution in [3.05, 3.63) is 27.7 Å². The molecule has 6 heteroatoms. The molecule has 4 nitrogen and oxygen atoms in total. The third-order valence-corrected chi connectivity index (χ3v) is 3.98. The molecular weight excluding hydrogens is 344 g/mol. The van der Waals surface area contributed by atoms with Crippen LogP contribution in [0.15, 0.2) is 22.7 Å². The fourth-order valence-electron chi connectivity index (χ4n) is 2.25. The maximum absolute atomic E-state index is 12.5. The van der Waals surface area contributed by atoms with Gasteiger partial charge in [0.25, 0.3) is 0 Å². The maximum Gasteiger partial charge on any atom is 0.250 e. The summed E-state index contributed by atoms with van der Waals surface area (Å²) in [6.07, 6.45) is 0.631. The molecule has 0 aliphatic carbocycles. The number of benzene rings is 1. The highest BCUT2D eigenvalue weighted by molar-refractivity contribution is 9.10. The van der Waals surface area contributed by atoms with Crippen LogP contribution in [-0.4, -0.2) is 24.4 Å². The molecule has 1 saturated heterocycles. The minimum absolute atomic E-state index is 0.0354. The molecular formula is C14H16BrClN2O2. The van der Waals surface area contributed by atoms with Gasteiger partial charge < -0.3 is 10.2 Å². The fraction of sp³-hybridized carbons (Fsp3) is 0.429. The molecule has 1 heterocycles. The Hall–Kier alpha value is -1.07. The van der Waals surface area contributed by atoms with Crippen molar-refractivity contribution in [2.45, 2.75) is 26.3 Å². The molecule has 108 valence electrons. The van der Waals surface area contributed by atoms with Gasteiger partial charge in [0.05, 0.1) is 5.69 Å². The summed E-state index contributed by atoms with van der Waals surface area (Å²) in [5.74, 6) is 0.108. The van der Waals surface area contributed by atoms with Crippen molar-refractivity contribution in [2.75, 3.05) is 11.4 Å². The van der Waals surface area contributed by atoms with Crippen LogP contribution in [0.25, 0.3) is 0 Å². The third-order valence-electron chi connectivity index (χ3n) is 3.11. The smallest absolute Gasteiger partial charge is 0.250 e. The molecule has 0 radical (unpaired) electrons. The lowest BCUT2D eigenvalue weighted by Crippen LogP contribution is -2.58. The van der Waals surface area contributed by atoms with E-state index in [1.165, 1.54) is 4.90 Å². The van der Waals surface area contributed by atoms with Gasteiger partial charge in [-0.15, -0.1) is 0 Å². The Labute approximate surface area is 131 Å². The predicted molar refractivity (Wildman–Crippen MR) is 82.9 cm³/mol. The lowest BCUT2D eigenvalue weighted by molar-refractivity contribution is -0.131.